The van der Waals surface area contributed by atoms with Gasteiger partial charge in [-0.05, 0) is 58.6 Å². The molecule has 2 aromatic carbocycles. The maximum Gasteiger partial charge on any atom is 0.224 e. The fraction of sp³-hybridized carbons (Fsp3) is 0. The Hall–Kier alpha value is -1.80. The van der Waals surface area contributed by atoms with Crippen LogP contribution in [-0.4, -0.2) is 19.9 Å². The summed E-state index contributed by atoms with van der Waals surface area (Å²) < 4.78 is 3.79. The van der Waals surface area contributed by atoms with Crippen LogP contribution in [0.1, 0.15) is 0 Å². The van der Waals surface area contributed by atoms with Gasteiger partial charge in [0.2, 0.25) is 10.6 Å². The molecule has 0 fully saturated rings. The normalized spacial score (nSPS) is 12.0. The van der Waals surface area contributed by atoms with E-state index in [1.54, 1.807) is 22.7 Å². The summed E-state index contributed by atoms with van der Waals surface area (Å²) in [6.45, 7) is 0. The third-order valence-electron chi connectivity index (χ3n) is 4.82. The number of hydrogen-bond donors (Lipinski definition) is 0. The number of halogens is 4. The third-order valence-corrected chi connectivity index (χ3v) is 8.26. The Kier molecular flexibility index (Phi) is 4.32. The number of benzene rings is 2. The highest BCUT2D eigenvalue weighted by atomic mass is 35.5. The van der Waals surface area contributed by atoms with E-state index in [2.05, 4.69) is 56.3 Å². The Morgan fingerprint density at radius 2 is 1.00 bits per heavy atom. The first kappa shape index (κ1) is 18.9. The summed E-state index contributed by atoms with van der Waals surface area (Å²) in [6.07, 6.45) is 0. The van der Waals surface area contributed by atoms with Gasteiger partial charge in [-0.3, -0.25) is 0 Å². The predicted molar refractivity (Wildman–Crippen MR) is 129 cm³/mol. The van der Waals surface area contributed by atoms with Crippen molar-refractivity contribution in [3.05, 3.63) is 57.3 Å². The highest BCUT2D eigenvalue weighted by molar-refractivity contribution is 7.26. The molecule has 0 N–H and O–H groups in total. The molecule has 0 aliphatic rings. The van der Waals surface area contributed by atoms with Crippen molar-refractivity contribution in [2.24, 2.45) is 0 Å². The molecule has 146 valence electrons. The van der Waals surface area contributed by atoms with Crippen molar-refractivity contribution in [3.63, 3.8) is 0 Å². The molecule has 0 saturated heterocycles. The van der Waals surface area contributed by atoms with Gasteiger partial charge in [0, 0.05) is 20.2 Å². The van der Waals surface area contributed by atoms with Crippen molar-refractivity contribution >= 4 is 110 Å². The smallest absolute Gasteiger partial charge is 0.216 e. The molecule has 6 aromatic rings. The lowest BCUT2D eigenvalue weighted by molar-refractivity contribution is 1.23. The molecule has 0 amide bonds. The highest BCUT2D eigenvalue weighted by Gasteiger charge is 2.15. The topological polar surface area (TPSA) is 51.6 Å². The lowest BCUT2D eigenvalue weighted by Gasteiger charge is -2.03. The summed E-state index contributed by atoms with van der Waals surface area (Å²) in [5.74, 6) is 0. The number of rotatable bonds is 1. The summed E-state index contributed by atoms with van der Waals surface area (Å²) >= 11 is 27.7. The zero-order valence-electron chi connectivity index (χ0n) is 14.6. The van der Waals surface area contributed by atoms with Crippen LogP contribution < -0.4 is 0 Å². The van der Waals surface area contributed by atoms with Crippen LogP contribution in [0, 0.1) is 0 Å². The van der Waals surface area contributed by atoms with Gasteiger partial charge in [-0.2, -0.15) is 0 Å². The number of thiophene rings is 2. The van der Waals surface area contributed by atoms with E-state index < -0.39 is 0 Å². The Morgan fingerprint density at radius 3 is 1.43 bits per heavy atom. The van der Waals surface area contributed by atoms with Gasteiger partial charge >= 0.3 is 0 Å². The first-order chi connectivity index (χ1) is 14.5. The first-order valence-electron chi connectivity index (χ1n) is 8.59. The number of nitrogens with zero attached hydrogens (tertiary/aromatic N) is 4. The Balaban J connectivity index is 1.60. The molecule has 10 heteroatoms. The van der Waals surface area contributed by atoms with Gasteiger partial charge in [0.1, 0.15) is 0 Å². The van der Waals surface area contributed by atoms with Crippen LogP contribution in [0.25, 0.3) is 51.7 Å². The molecule has 0 aliphatic carbocycles. The van der Waals surface area contributed by atoms with Crippen molar-refractivity contribution in [2.75, 3.05) is 0 Å². The van der Waals surface area contributed by atoms with Gasteiger partial charge in [-0.15, -0.1) is 22.7 Å². The molecule has 6 rings (SSSR count). The molecule has 0 radical (unpaired) electrons. The third kappa shape index (κ3) is 2.87. The van der Waals surface area contributed by atoms with Gasteiger partial charge in [0.05, 0.1) is 20.4 Å². The van der Waals surface area contributed by atoms with Crippen molar-refractivity contribution in [2.45, 2.75) is 0 Å². The standard InChI is InChI=1S/C20H6Cl4N4S2/c21-17-15-13(25-19(23)27-17)9-5-7(1-3-11(9)29-15)8-2-4-12-10(6-8)14-16(30-12)18(22)28-20(24)26-14/h1-6H. The van der Waals surface area contributed by atoms with Crippen LogP contribution in [0.2, 0.25) is 20.9 Å². The maximum atomic E-state index is 6.27. The van der Waals surface area contributed by atoms with E-state index in [-0.39, 0.29) is 10.6 Å². The van der Waals surface area contributed by atoms with E-state index >= 15 is 0 Å². The summed E-state index contributed by atoms with van der Waals surface area (Å²) in [6, 6.07) is 12.5. The number of hydrogen-bond acceptors (Lipinski definition) is 6. The van der Waals surface area contributed by atoms with Crippen LogP contribution in [-0.2, 0) is 0 Å². The Labute approximate surface area is 197 Å². The van der Waals surface area contributed by atoms with Crippen molar-refractivity contribution in [1.29, 1.82) is 0 Å². The van der Waals surface area contributed by atoms with Crippen LogP contribution >= 0.6 is 69.1 Å². The van der Waals surface area contributed by atoms with Crippen LogP contribution in [0.5, 0.6) is 0 Å². The van der Waals surface area contributed by atoms with Gasteiger partial charge in [0.25, 0.3) is 0 Å². The van der Waals surface area contributed by atoms with E-state index in [1.165, 1.54) is 0 Å². The number of fused-ring (bicyclic) bond motifs is 6. The lowest BCUT2D eigenvalue weighted by Crippen LogP contribution is -1.84. The molecule has 4 heterocycles. The first-order valence-corrected chi connectivity index (χ1v) is 11.7. The SMILES string of the molecule is Clc1nc(Cl)c2sc3ccc(-c4ccc5sc6c(Cl)nc(Cl)nc6c5c4)cc3c2n1. The Morgan fingerprint density at radius 1 is 0.567 bits per heavy atom. The second-order valence-corrected chi connectivity index (χ2v) is 10.0. The molecule has 0 spiro atoms. The Bertz CT molecular complexity index is 1530. The number of aromatic nitrogens is 4. The monoisotopic (exact) mass is 506 g/mol. The molecule has 0 bridgehead atoms. The summed E-state index contributed by atoms with van der Waals surface area (Å²) in [7, 11) is 0. The van der Waals surface area contributed by atoms with E-state index in [4.69, 9.17) is 46.4 Å². The fourth-order valence-electron chi connectivity index (χ4n) is 3.53. The van der Waals surface area contributed by atoms with Gasteiger partial charge < -0.3 is 0 Å². The van der Waals surface area contributed by atoms with E-state index in [0.717, 1.165) is 51.7 Å². The van der Waals surface area contributed by atoms with Gasteiger partial charge in [-0.25, -0.2) is 19.9 Å². The maximum absolute atomic E-state index is 6.27. The quantitative estimate of drug-likeness (QED) is 0.166. The minimum Gasteiger partial charge on any atom is -0.216 e. The molecular weight excluding hydrogens is 502 g/mol. The molecule has 0 aliphatic heterocycles. The minimum atomic E-state index is 0.136. The summed E-state index contributed by atoms with van der Waals surface area (Å²) in [5, 5.41) is 2.99. The molecule has 4 nitrogen and oxygen atoms in total. The van der Waals surface area contributed by atoms with E-state index in [0.29, 0.717) is 10.3 Å². The summed E-state index contributed by atoms with van der Waals surface area (Å²) in [5.41, 5.74) is 3.60. The van der Waals surface area contributed by atoms with Crippen molar-refractivity contribution in [1.82, 2.24) is 19.9 Å². The second kappa shape index (κ2) is 6.85. The fourth-order valence-corrected chi connectivity index (χ4v) is 6.53. The van der Waals surface area contributed by atoms with Crippen LogP contribution in [0.3, 0.4) is 0 Å². The van der Waals surface area contributed by atoms with Crippen molar-refractivity contribution < 1.29 is 0 Å². The zero-order chi connectivity index (χ0) is 20.6. The highest BCUT2D eigenvalue weighted by Crippen LogP contribution is 2.41. The molecule has 0 atom stereocenters. The largest absolute Gasteiger partial charge is 0.224 e. The zero-order valence-corrected chi connectivity index (χ0v) is 19.2. The van der Waals surface area contributed by atoms with E-state index in [9.17, 15) is 0 Å². The van der Waals surface area contributed by atoms with Crippen LogP contribution in [0.4, 0.5) is 0 Å². The van der Waals surface area contributed by atoms with Crippen molar-refractivity contribution in [3.8, 4) is 11.1 Å². The second-order valence-electron chi connectivity index (χ2n) is 6.55. The molecular formula is C20H6Cl4N4S2. The predicted octanol–water partition coefficient (Wildman–Crippen LogP) is 8.28. The van der Waals surface area contributed by atoms with Gasteiger partial charge in [-0.1, -0.05) is 35.3 Å². The van der Waals surface area contributed by atoms with Crippen LogP contribution in [0.15, 0.2) is 36.4 Å². The lowest BCUT2D eigenvalue weighted by atomic mass is 10.0. The van der Waals surface area contributed by atoms with E-state index in [1.807, 2.05) is 0 Å². The molecule has 0 saturated carbocycles. The molecule has 4 aromatic heterocycles. The average molecular weight is 508 g/mol. The average Bonchev–Trinajstić information content (AvgIpc) is 3.26. The minimum absolute atomic E-state index is 0.136. The summed E-state index contributed by atoms with van der Waals surface area (Å²) in [4.78, 5) is 16.9. The van der Waals surface area contributed by atoms with Gasteiger partial charge in [0.15, 0.2) is 10.3 Å². The molecule has 0 unspecified atom stereocenters. The molecule has 30 heavy (non-hydrogen) atoms.